The van der Waals surface area contributed by atoms with Crippen LogP contribution in [0.5, 0.6) is 0 Å². The van der Waals surface area contributed by atoms with Crippen molar-refractivity contribution in [3.63, 3.8) is 0 Å². The fourth-order valence-electron chi connectivity index (χ4n) is 3.39. The number of nitrogens with one attached hydrogen (secondary N) is 2. The molecule has 1 saturated heterocycles. The molecule has 1 aliphatic carbocycles. The van der Waals surface area contributed by atoms with Crippen LogP contribution in [-0.2, 0) is 6.42 Å². The molecule has 138 valence electrons. The van der Waals surface area contributed by atoms with E-state index in [2.05, 4.69) is 38.4 Å². The van der Waals surface area contributed by atoms with Crippen molar-refractivity contribution >= 4 is 33.5 Å². The van der Waals surface area contributed by atoms with Crippen molar-refractivity contribution in [3.8, 4) is 0 Å². The highest BCUT2D eigenvalue weighted by atomic mass is 79.9. The molecule has 1 aromatic rings. The Morgan fingerprint density at radius 3 is 2.72 bits per heavy atom. The van der Waals surface area contributed by atoms with E-state index in [9.17, 15) is 0 Å². The van der Waals surface area contributed by atoms with E-state index < -0.39 is 0 Å². The Hall–Kier alpha value is -0.780. The molecule has 4 nitrogen and oxygen atoms in total. The van der Waals surface area contributed by atoms with Gasteiger partial charge in [-0.25, -0.2) is 0 Å². The molecule has 25 heavy (non-hydrogen) atoms. The van der Waals surface area contributed by atoms with E-state index in [1.54, 1.807) is 0 Å². The first-order valence-corrected chi connectivity index (χ1v) is 10.6. The van der Waals surface area contributed by atoms with E-state index in [1.807, 2.05) is 18.2 Å². The zero-order valence-corrected chi connectivity index (χ0v) is 17.2. The van der Waals surface area contributed by atoms with Crippen LogP contribution in [0.1, 0.15) is 38.2 Å². The van der Waals surface area contributed by atoms with Gasteiger partial charge in [0.15, 0.2) is 5.96 Å². The van der Waals surface area contributed by atoms with Crippen molar-refractivity contribution in [3.05, 3.63) is 33.3 Å². The number of hydrogen-bond donors (Lipinski definition) is 2. The van der Waals surface area contributed by atoms with Gasteiger partial charge >= 0.3 is 0 Å². The van der Waals surface area contributed by atoms with Gasteiger partial charge in [-0.1, -0.05) is 27.5 Å². The first kappa shape index (κ1) is 19.0. The lowest BCUT2D eigenvalue weighted by Gasteiger charge is -2.33. The minimum absolute atomic E-state index is 0.533. The molecule has 0 radical (unpaired) electrons. The molecule has 1 aliphatic heterocycles. The zero-order valence-electron chi connectivity index (χ0n) is 14.9. The third-order valence-electron chi connectivity index (χ3n) is 4.94. The fourth-order valence-corrected chi connectivity index (χ4v) is 4.02. The normalized spacial score (nSPS) is 19.9. The third kappa shape index (κ3) is 5.87. The summed E-state index contributed by atoms with van der Waals surface area (Å²) in [6.45, 7) is 6.18. The first-order valence-electron chi connectivity index (χ1n) is 9.38. The third-order valence-corrected chi connectivity index (χ3v) is 5.95. The van der Waals surface area contributed by atoms with Gasteiger partial charge in [0.25, 0.3) is 0 Å². The Morgan fingerprint density at radius 1 is 1.28 bits per heavy atom. The van der Waals surface area contributed by atoms with E-state index in [0.29, 0.717) is 6.04 Å². The Balaban J connectivity index is 1.49. The lowest BCUT2D eigenvalue weighted by Crippen LogP contribution is -2.49. The average molecular weight is 428 g/mol. The minimum atomic E-state index is 0.533. The molecule has 0 bridgehead atoms. The number of rotatable bonds is 6. The van der Waals surface area contributed by atoms with Crippen LogP contribution in [0, 0.1) is 0 Å². The number of aliphatic imine (C=N–C) groups is 1. The van der Waals surface area contributed by atoms with Crippen molar-refractivity contribution in [2.75, 3.05) is 26.2 Å². The Bertz CT molecular complexity index is 595. The van der Waals surface area contributed by atoms with Crippen molar-refractivity contribution in [2.45, 2.75) is 51.1 Å². The number of guanidine groups is 1. The van der Waals surface area contributed by atoms with Crippen LogP contribution < -0.4 is 10.6 Å². The Labute approximate surface area is 164 Å². The molecule has 2 aliphatic rings. The lowest BCUT2D eigenvalue weighted by atomic mass is 10.1. The maximum atomic E-state index is 6.09. The van der Waals surface area contributed by atoms with Gasteiger partial charge in [0.05, 0.1) is 0 Å². The molecule has 1 heterocycles. The molecule has 6 heteroatoms. The van der Waals surface area contributed by atoms with Crippen LogP contribution in [0.15, 0.2) is 27.7 Å². The second kappa shape index (κ2) is 9.24. The van der Waals surface area contributed by atoms with Gasteiger partial charge in [0.1, 0.15) is 0 Å². The van der Waals surface area contributed by atoms with Crippen molar-refractivity contribution in [1.29, 1.82) is 0 Å². The van der Waals surface area contributed by atoms with Crippen molar-refractivity contribution in [1.82, 2.24) is 15.5 Å². The lowest BCUT2D eigenvalue weighted by molar-refractivity contribution is 0.197. The summed E-state index contributed by atoms with van der Waals surface area (Å²) >= 11 is 9.68. The topological polar surface area (TPSA) is 39.7 Å². The second-order valence-corrected chi connectivity index (χ2v) is 8.22. The number of likely N-dealkylation sites (tertiary alicyclic amines) is 1. The molecule has 0 aromatic heterocycles. The van der Waals surface area contributed by atoms with E-state index in [0.717, 1.165) is 41.0 Å². The molecule has 2 fully saturated rings. The molecule has 0 atom stereocenters. The largest absolute Gasteiger partial charge is 0.357 e. The highest BCUT2D eigenvalue weighted by Crippen LogP contribution is 2.29. The van der Waals surface area contributed by atoms with Gasteiger partial charge in [-0.05, 0) is 62.8 Å². The monoisotopic (exact) mass is 426 g/mol. The summed E-state index contributed by atoms with van der Waals surface area (Å²) in [5.41, 5.74) is 1.20. The quantitative estimate of drug-likeness (QED) is 0.535. The van der Waals surface area contributed by atoms with Crippen LogP contribution in [0.4, 0.5) is 0 Å². The van der Waals surface area contributed by atoms with Gasteiger partial charge in [-0.2, -0.15) is 0 Å². The van der Waals surface area contributed by atoms with Crippen LogP contribution in [-0.4, -0.2) is 49.1 Å². The average Bonchev–Trinajstić information content (AvgIpc) is 3.44. The molecule has 0 amide bonds. The molecular formula is C19H28BrClN4. The van der Waals surface area contributed by atoms with Crippen molar-refractivity contribution in [2.24, 2.45) is 4.99 Å². The molecule has 2 N–H and O–H groups in total. The molecule has 1 aromatic carbocycles. The second-order valence-electron chi connectivity index (χ2n) is 6.93. The summed E-state index contributed by atoms with van der Waals surface area (Å²) in [6.07, 6.45) is 6.10. The molecule has 0 spiro atoms. The van der Waals surface area contributed by atoms with Crippen molar-refractivity contribution < 1.29 is 0 Å². The predicted octanol–water partition coefficient (Wildman–Crippen LogP) is 3.83. The summed E-state index contributed by atoms with van der Waals surface area (Å²) in [7, 11) is 0. The first-order chi connectivity index (χ1) is 12.2. The Morgan fingerprint density at radius 2 is 2.04 bits per heavy atom. The summed E-state index contributed by atoms with van der Waals surface area (Å²) in [5.74, 6) is 0.936. The van der Waals surface area contributed by atoms with E-state index in [1.165, 1.54) is 44.3 Å². The van der Waals surface area contributed by atoms with Gasteiger partial charge in [0, 0.05) is 47.8 Å². The summed E-state index contributed by atoms with van der Waals surface area (Å²) in [5, 5.41) is 7.77. The van der Waals surface area contributed by atoms with Crippen LogP contribution >= 0.6 is 27.5 Å². The number of benzene rings is 1. The summed E-state index contributed by atoms with van der Waals surface area (Å²) in [6, 6.07) is 7.33. The van der Waals surface area contributed by atoms with E-state index in [4.69, 9.17) is 16.6 Å². The van der Waals surface area contributed by atoms with Gasteiger partial charge in [0.2, 0.25) is 0 Å². The standard InChI is InChI=1S/C19H28BrClN4/c1-2-22-19(23-10-7-14-13-15(21)3-6-18(14)20)24-16-8-11-25(12-9-16)17-4-5-17/h3,6,13,16-17H,2,4-5,7-12H2,1H3,(H2,22,23,24). The fraction of sp³-hybridized carbons (Fsp3) is 0.632. The van der Waals surface area contributed by atoms with E-state index >= 15 is 0 Å². The maximum absolute atomic E-state index is 6.09. The number of nitrogens with zero attached hydrogens (tertiary/aromatic N) is 2. The number of halogens is 2. The summed E-state index contributed by atoms with van der Waals surface area (Å²) in [4.78, 5) is 7.41. The van der Waals surface area contributed by atoms with Gasteiger partial charge in [-0.15, -0.1) is 0 Å². The highest BCUT2D eigenvalue weighted by molar-refractivity contribution is 9.10. The SMILES string of the molecule is CCNC(=NCCc1cc(Cl)ccc1Br)NC1CCN(C2CC2)CC1. The molecule has 3 rings (SSSR count). The zero-order chi connectivity index (χ0) is 17.6. The molecular weight excluding hydrogens is 400 g/mol. The predicted molar refractivity (Wildman–Crippen MR) is 110 cm³/mol. The minimum Gasteiger partial charge on any atom is -0.357 e. The van der Waals surface area contributed by atoms with Crippen LogP contribution in [0.3, 0.4) is 0 Å². The van der Waals surface area contributed by atoms with E-state index in [-0.39, 0.29) is 0 Å². The smallest absolute Gasteiger partial charge is 0.191 e. The number of hydrogen-bond acceptors (Lipinski definition) is 2. The highest BCUT2D eigenvalue weighted by Gasteiger charge is 2.31. The van der Waals surface area contributed by atoms with Crippen LogP contribution in [0.25, 0.3) is 0 Å². The molecule has 1 saturated carbocycles. The molecule has 0 unspecified atom stereocenters. The number of piperidine rings is 1. The van der Waals surface area contributed by atoms with Gasteiger partial charge in [-0.3, -0.25) is 4.99 Å². The summed E-state index contributed by atoms with van der Waals surface area (Å²) < 4.78 is 1.09. The van der Waals surface area contributed by atoms with Gasteiger partial charge < -0.3 is 15.5 Å². The van der Waals surface area contributed by atoms with Crippen LogP contribution in [0.2, 0.25) is 5.02 Å². The maximum Gasteiger partial charge on any atom is 0.191 e. The Kier molecular flexibility index (Phi) is 7.02.